The lowest BCUT2D eigenvalue weighted by atomic mass is 9.31. The standard InChI is InChI=1S/C66H58B2N2O2/c1-39(2)43-19-27-51(28-20-43)69-57-33-25-47(41(5)6)35-55(57)67-53-31-23-50(46-17-13-10-14-18-46)38-60(53)72-66-61(67)63(69)65-62-64(66)70(52-29-21-44(22-30-52)40(3)4)58-34-26-48(42(7)8)36-56(58)68(62)54-32-24-49(37-59(54)71-65)45-15-11-9-12-16-45/h9-42H,1-8H3. The van der Waals surface area contributed by atoms with E-state index in [4.69, 9.17) is 9.47 Å². The highest BCUT2D eigenvalue weighted by Gasteiger charge is 2.52. The van der Waals surface area contributed by atoms with Gasteiger partial charge in [0, 0.05) is 33.7 Å². The minimum Gasteiger partial charge on any atom is -0.456 e. The van der Waals surface area contributed by atoms with Crippen molar-refractivity contribution in [1.82, 2.24) is 0 Å². The fraction of sp³-hybridized carbons (Fsp3) is 0.182. The molecule has 72 heavy (non-hydrogen) atoms. The fourth-order valence-corrected chi connectivity index (χ4v) is 11.9. The maximum Gasteiger partial charge on any atom is 0.256 e. The van der Waals surface area contributed by atoms with Crippen LogP contribution in [0.1, 0.15) is 101 Å². The van der Waals surface area contributed by atoms with Crippen LogP contribution in [0.15, 0.2) is 182 Å². The Morgan fingerprint density at radius 2 is 0.694 bits per heavy atom. The molecule has 0 bridgehead atoms. The number of benzene rings is 9. The van der Waals surface area contributed by atoms with E-state index < -0.39 is 0 Å². The molecule has 9 aromatic carbocycles. The van der Waals surface area contributed by atoms with Crippen LogP contribution in [0.2, 0.25) is 0 Å². The van der Waals surface area contributed by atoms with Crippen LogP contribution in [0.25, 0.3) is 22.3 Å². The first-order chi connectivity index (χ1) is 35.0. The van der Waals surface area contributed by atoms with E-state index in [2.05, 4.69) is 247 Å². The molecule has 0 spiro atoms. The summed E-state index contributed by atoms with van der Waals surface area (Å²) in [6.07, 6.45) is 0. The van der Waals surface area contributed by atoms with E-state index in [9.17, 15) is 0 Å². The molecular weight excluding hydrogens is 874 g/mol. The van der Waals surface area contributed by atoms with Gasteiger partial charge in [-0.2, -0.15) is 0 Å². The molecule has 0 atom stereocenters. The lowest BCUT2D eigenvalue weighted by molar-refractivity contribution is 0.477. The summed E-state index contributed by atoms with van der Waals surface area (Å²) in [7, 11) is 0. The van der Waals surface area contributed by atoms with Crippen molar-refractivity contribution >= 4 is 80.3 Å². The van der Waals surface area contributed by atoms with Crippen LogP contribution < -0.4 is 52.1 Å². The minimum atomic E-state index is -0.168. The van der Waals surface area contributed by atoms with Gasteiger partial charge < -0.3 is 19.3 Å². The Morgan fingerprint density at radius 3 is 1.06 bits per heavy atom. The molecule has 4 aliphatic rings. The van der Waals surface area contributed by atoms with E-state index in [1.54, 1.807) is 0 Å². The van der Waals surface area contributed by atoms with E-state index in [1.165, 1.54) is 33.2 Å². The Hall–Kier alpha value is -7.69. The Kier molecular flexibility index (Phi) is 10.4. The number of hydrogen-bond acceptors (Lipinski definition) is 4. The molecule has 0 fully saturated rings. The molecular formula is C66H58B2N2O2. The van der Waals surface area contributed by atoms with Gasteiger partial charge in [0.1, 0.15) is 23.0 Å². The van der Waals surface area contributed by atoms with Crippen LogP contribution in [0.5, 0.6) is 23.0 Å². The van der Waals surface area contributed by atoms with Gasteiger partial charge in [0.15, 0.2) is 0 Å². The third-order valence-corrected chi connectivity index (χ3v) is 15.9. The quantitative estimate of drug-likeness (QED) is 0.142. The van der Waals surface area contributed by atoms with Crippen molar-refractivity contribution in [2.75, 3.05) is 9.80 Å². The van der Waals surface area contributed by atoms with Crippen LogP contribution >= 0.6 is 0 Å². The second-order valence-corrected chi connectivity index (χ2v) is 21.6. The van der Waals surface area contributed by atoms with Gasteiger partial charge in [0.25, 0.3) is 13.4 Å². The Morgan fingerprint density at radius 1 is 0.333 bits per heavy atom. The van der Waals surface area contributed by atoms with E-state index >= 15 is 0 Å². The zero-order valence-corrected chi connectivity index (χ0v) is 42.5. The largest absolute Gasteiger partial charge is 0.456 e. The van der Waals surface area contributed by atoms with Crippen molar-refractivity contribution in [3.63, 3.8) is 0 Å². The van der Waals surface area contributed by atoms with Crippen LogP contribution in [0.3, 0.4) is 0 Å². The van der Waals surface area contributed by atoms with Gasteiger partial charge in [-0.15, -0.1) is 0 Å². The summed E-state index contributed by atoms with van der Waals surface area (Å²) in [6.45, 7) is 17.9. The van der Waals surface area contributed by atoms with Crippen molar-refractivity contribution in [1.29, 1.82) is 0 Å². The second kappa shape index (κ2) is 17.0. The maximum atomic E-state index is 7.82. The van der Waals surface area contributed by atoms with Gasteiger partial charge in [-0.1, -0.05) is 189 Å². The average molecular weight is 933 g/mol. The molecule has 4 heterocycles. The Labute approximate surface area is 426 Å². The number of anilines is 6. The van der Waals surface area contributed by atoms with Crippen LogP contribution in [0, 0.1) is 0 Å². The van der Waals surface area contributed by atoms with Gasteiger partial charge in [-0.3, -0.25) is 0 Å². The van der Waals surface area contributed by atoms with Gasteiger partial charge in [0.2, 0.25) is 0 Å². The zero-order chi connectivity index (χ0) is 49.1. The highest BCUT2D eigenvalue weighted by molar-refractivity contribution is 7.02. The molecule has 0 aromatic heterocycles. The number of hydrogen-bond donors (Lipinski definition) is 0. The van der Waals surface area contributed by atoms with Crippen molar-refractivity contribution in [3.05, 3.63) is 204 Å². The summed E-state index contributed by atoms with van der Waals surface area (Å²) in [4.78, 5) is 5.01. The van der Waals surface area contributed by atoms with Crippen molar-refractivity contribution in [3.8, 4) is 45.3 Å². The monoisotopic (exact) mass is 932 g/mol. The normalized spacial score (nSPS) is 13.6. The molecule has 0 radical (unpaired) electrons. The number of rotatable bonds is 8. The van der Waals surface area contributed by atoms with E-state index in [0.29, 0.717) is 23.7 Å². The molecule has 350 valence electrons. The van der Waals surface area contributed by atoms with Crippen molar-refractivity contribution in [2.24, 2.45) is 0 Å². The van der Waals surface area contributed by atoms with Crippen LogP contribution in [0.4, 0.5) is 34.1 Å². The summed E-state index contributed by atoms with van der Waals surface area (Å²) in [6, 6.07) is 68.0. The first-order valence-corrected chi connectivity index (χ1v) is 26.1. The van der Waals surface area contributed by atoms with Crippen molar-refractivity contribution in [2.45, 2.75) is 79.1 Å². The molecule has 6 heteroatoms. The van der Waals surface area contributed by atoms with E-state index in [-0.39, 0.29) is 13.4 Å². The number of fused-ring (bicyclic) bond motifs is 10. The Bertz CT molecular complexity index is 3360. The minimum absolute atomic E-state index is 0.168. The van der Waals surface area contributed by atoms with E-state index in [0.717, 1.165) is 101 Å². The summed E-state index contributed by atoms with van der Waals surface area (Å²) in [5.41, 5.74) is 23.4. The zero-order valence-electron chi connectivity index (χ0n) is 42.5. The molecule has 0 saturated carbocycles. The molecule has 0 amide bonds. The molecule has 4 aliphatic heterocycles. The smallest absolute Gasteiger partial charge is 0.256 e. The lowest BCUT2D eigenvalue weighted by Gasteiger charge is -2.47. The van der Waals surface area contributed by atoms with Gasteiger partial charge >= 0.3 is 0 Å². The van der Waals surface area contributed by atoms with E-state index in [1.807, 2.05) is 0 Å². The van der Waals surface area contributed by atoms with Gasteiger partial charge in [0.05, 0.1) is 11.4 Å². The number of ether oxygens (including phenoxy) is 2. The van der Waals surface area contributed by atoms with Gasteiger partial charge in [-0.25, -0.2) is 0 Å². The number of nitrogens with zero attached hydrogens (tertiary/aromatic N) is 2. The molecule has 0 unspecified atom stereocenters. The predicted octanol–water partition coefficient (Wildman–Crippen LogP) is 14.3. The third kappa shape index (κ3) is 6.89. The fourth-order valence-electron chi connectivity index (χ4n) is 11.9. The van der Waals surface area contributed by atoms with Gasteiger partial charge in [-0.05, 0) is 139 Å². The van der Waals surface area contributed by atoms with Crippen molar-refractivity contribution < 1.29 is 9.47 Å². The molecule has 13 rings (SSSR count). The first kappa shape index (κ1) is 44.3. The Balaban J connectivity index is 1.19. The molecule has 0 aliphatic carbocycles. The molecule has 0 N–H and O–H groups in total. The summed E-state index contributed by atoms with van der Waals surface area (Å²) in [5.74, 6) is 4.95. The average Bonchev–Trinajstić information content (AvgIpc) is 3.41. The van der Waals surface area contributed by atoms with Crippen LogP contribution in [-0.4, -0.2) is 13.4 Å². The van der Waals surface area contributed by atoms with Crippen LogP contribution in [-0.2, 0) is 0 Å². The molecule has 4 nitrogen and oxygen atoms in total. The summed E-state index contributed by atoms with van der Waals surface area (Å²) < 4.78 is 15.6. The lowest BCUT2D eigenvalue weighted by Crippen LogP contribution is -2.64. The molecule has 0 saturated heterocycles. The SMILES string of the molecule is CC(C)c1ccc(N2c3ccc(C(C)C)cc3B3c4ccc(-c5ccccc5)cc4Oc4c3c2c2c3c4N(c4ccc(C(C)C)cc4)c4ccc(C(C)C)cc4B3c3ccc(-c4ccccc4)cc3O2)cc1. The molecule has 9 aromatic rings. The second-order valence-electron chi connectivity index (χ2n) is 21.6. The highest BCUT2D eigenvalue weighted by Crippen LogP contribution is 2.54. The predicted molar refractivity (Wildman–Crippen MR) is 305 cm³/mol. The topological polar surface area (TPSA) is 24.9 Å². The maximum absolute atomic E-state index is 7.82. The highest BCUT2D eigenvalue weighted by atomic mass is 16.5. The first-order valence-electron chi connectivity index (χ1n) is 26.1. The third-order valence-electron chi connectivity index (χ3n) is 15.9. The summed E-state index contributed by atoms with van der Waals surface area (Å²) >= 11 is 0. The summed E-state index contributed by atoms with van der Waals surface area (Å²) in [5, 5.41) is 0.